The van der Waals surface area contributed by atoms with Gasteiger partial charge in [0.1, 0.15) is 6.10 Å². The summed E-state index contributed by atoms with van der Waals surface area (Å²) in [6.45, 7) is 8.81. The molecule has 0 aliphatic heterocycles. The van der Waals surface area contributed by atoms with Crippen molar-refractivity contribution in [1.29, 1.82) is 0 Å². The van der Waals surface area contributed by atoms with Gasteiger partial charge in [0.15, 0.2) is 0 Å². The molecule has 0 aromatic carbocycles. The average Bonchev–Trinajstić information content (AvgIpc) is 2.31. The van der Waals surface area contributed by atoms with E-state index in [1.165, 1.54) is 6.92 Å². The second-order valence-corrected chi connectivity index (χ2v) is 2.66. The highest BCUT2D eigenvalue weighted by molar-refractivity contribution is 5.73. The van der Waals surface area contributed by atoms with Crippen molar-refractivity contribution in [3.8, 4) is 0 Å². The van der Waals surface area contributed by atoms with Crippen molar-refractivity contribution in [2.75, 3.05) is 33.0 Å². The van der Waals surface area contributed by atoms with Gasteiger partial charge in [-0.2, -0.15) is 0 Å². The zero-order valence-corrected chi connectivity index (χ0v) is 11.2. The molecule has 3 N–H and O–H groups in total. The van der Waals surface area contributed by atoms with Crippen LogP contribution in [0.1, 0.15) is 27.7 Å². The lowest BCUT2D eigenvalue weighted by atomic mass is 10.4. The quantitative estimate of drug-likeness (QED) is 0.595. The van der Waals surface area contributed by atoms with Crippen LogP contribution in [0.5, 0.6) is 0 Å². The minimum atomic E-state index is -0.991. The summed E-state index contributed by atoms with van der Waals surface area (Å²) >= 11 is 0. The average molecular weight is 254 g/mol. The highest BCUT2D eigenvalue weighted by atomic mass is 16.5. The molecule has 17 heavy (non-hydrogen) atoms. The molecule has 0 aromatic heterocycles. The molecule has 0 amide bonds. The Morgan fingerprint density at radius 2 is 1.47 bits per heavy atom. The van der Waals surface area contributed by atoms with Crippen molar-refractivity contribution < 1.29 is 29.6 Å². The summed E-state index contributed by atoms with van der Waals surface area (Å²) < 4.78 is 9.25. The first-order chi connectivity index (χ1) is 8.01. The van der Waals surface area contributed by atoms with Gasteiger partial charge in [-0.1, -0.05) is 0 Å². The van der Waals surface area contributed by atoms with Crippen LogP contribution in [-0.2, 0) is 14.3 Å². The number of hydrogen-bond acceptors (Lipinski definition) is 6. The Balaban J connectivity index is -0.000000188. The maximum atomic E-state index is 10.3. The van der Waals surface area contributed by atoms with Crippen LogP contribution < -0.4 is 0 Å². The molecule has 0 spiro atoms. The first-order valence-corrected chi connectivity index (χ1v) is 5.65. The van der Waals surface area contributed by atoms with Crippen molar-refractivity contribution in [3.05, 3.63) is 0 Å². The van der Waals surface area contributed by atoms with E-state index in [-0.39, 0.29) is 13.2 Å². The highest BCUT2D eigenvalue weighted by Crippen LogP contribution is 1.84. The van der Waals surface area contributed by atoms with E-state index in [0.717, 1.165) is 13.2 Å². The standard InChI is InChI=1S/C5H10O3.C4H10O.C2H6O2/c1-3-8-5(7)4(2)6;1-3-5-4-2;3-1-2-4/h4,6H,3H2,1-2H3;3-4H2,1-2H3;3-4H,1-2H2. The van der Waals surface area contributed by atoms with Crippen molar-refractivity contribution in [3.63, 3.8) is 0 Å². The molecule has 106 valence electrons. The third-order valence-electron chi connectivity index (χ3n) is 1.14. The van der Waals surface area contributed by atoms with E-state index in [4.69, 9.17) is 20.1 Å². The zero-order valence-electron chi connectivity index (χ0n) is 11.2. The predicted molar refractivity (Wildman–Crippen MR) is 64.7 cm³/mol. The largest absolute Gasteiger partial charge is 0.464 e. The third kappa shape index (κ3) is 31.3. The van der Waals surface area contributed by atoms with Gasteiger partial charge in [-0.25, -0.2) is 4.79 Å². The van der Waals surface area contributed by atoms with Crippen molar-refractivity contribution in [2.24, 2.45) is 0 Å². The van der Waals surface area contributed by atoms with E-state index >= 15 is 0 Å². The van der Waals surface area contributed by atoms with Crippen molar-refractivity contribution in [2.45, 2.75) is 33.8 Å². The molecule has 1 unspecified atom stereocenters. The maximum Gasteiger partial charge on any atom is 0.334 e. The number of hydrogen-bond donors (Lipinski definition) is 3. The monoisotopic (exact) mass is 254 g/mol. The summed E-state index contributed by atoms with van der Waals surface area (Å²) in [5.41, 5.74) is 0. The molecule has 0 aliphatic carbocycles. The maximum absolute atomic E-state index is 10.3. The molecular formula is C11H26O6. The van der Waals surface area contributed by atoms with Gasteiger partial charge >= 0.3 is 5.97 Å². The van der Waals surface area contributed by atoms with E-state index in [1.807, 2.05) is 13.8 Å². The molecule has 1 atom stereocenters. The lowest BCUT2D eigenvalue weighted by molar-refractivity contribution is -0.151. The molecule has 0 aliphatic rings. The van der Waals surface area contributed by atoms with Crippen LogP contribution in [0, 0.1) is 0 Å². The second-order valence-electron chi connectivity index (χ2n) is 2.66. The fourth-order valence-electron chi connectivity index (χ4n) is 0.467. The topological polar surface area (TPSA) is 96.2 Å². The van der Waals surface area contributed by atoms with Gasteiger partial charge in [0.25, 0.3) is 0 Å². The van der Waals surface area contributed by atoms with Gasteiger partial charge in [0, 0.05) is 13.2 Å². The summed E-state index contributed by atoms with van der Waals surface area (Å²) in [6, 6.07) is 0. The van der Waals surface area contributed by atoms with Crippen LogP contribution >= 0.6 is 0 Å². The summed E-state index contributed by atoms with van der Waals surface area (Å²) in [5.74, 6) is -0.562. The minimum Gasteiger partial charge on any atom is -0.464 e. The molecule has 0 fully saturated rings. The Kier molecular flexibility index (Phi) is 26.3. The van der Waals surface area contributed by atoms with Crippen LogP contribution in [0.3, 0.4) is 0 Å². The molecule has 0 bridgehead atoms. The molecule has 0 rings (SSSR count). The van der Waals surface area contributed by atoms with Gasteiger partial charge in [-0.3, -0.25) is 0 Å². The first kappa shape index (κ1) is 21.6. The fraction of sp³-hybridized carbons (Fsp3) is 0.909. The Hall–Kier alpha value is -0.690. The summed E-state index contributed by atoms with van der Waals surface area (Å²) in [5, 5.41) is 23.7. The fourth-order valence-corrected chi connectivity index (χ4v) is 0.467. The first-order valence-electron chi connectivity index (χ1n) is 5.65. The van der Waals surface area contributed by atoms with Gasteiger partial charge in [-0.15, -0.1) is 0 Å². The van der Waals surface area contributed by atoms with Crippen LogP contribution in [0.4, 0.5) is 0 Å². The zero-order chi connectivity index (χ0) is 14.1. The second kappa shape index (κ2) is 20.7. The SMILES string of the molecule is CCOC(=O)C(C)O.CCOCC.OCCO. The minimum absolute atomic E-state index is 0.125. The highest BCUT2D eigenvalue weighted by Gasteiger charge is 2.07. The van der Waals surface area contributed by atoms with Crippen molar-refractivity contribution in [1.82, 2.24) is 0 Å². The van der Waals surface area contributed by atoms with Crippen LogP contribution in [0.15, 0.2) is 0 Å². The molecular weight excluding hydrogens is 228 g/mol. The lowest BCUT2D eigenvalue weighted by Gasteiger charge is -2.01. The number of aliphatic hydroxyl groups excluding tert-OH is 3. The van der Waals surface area contributed by atoms with Gasteiger partial charge in [0.2, 0.25) is 0 Å². The number of carbonyl (C=O) groups excluding carboxylic acids is 1. The van der Waals surface area contributed by atoms with E-state index in [1.54, 1.807) is 6.92 Å². The molecule has 0 aromatic rings. The Labute approximate surface area is 103 Å². The van der Waals surface area contributed by atoms with Crippen LogP contribution in [0.25, 0.3) is 0 Å². The van der Waals surface area contributed by atoms with E-state index in [9.17, 15) is 4.79 Å². The van der Waals surface area contributed by atoms with Crippen LogP contribution in [0.2, 0.25) is 0 Å². The smallest absolute Gasteiger partial charge is 0.334 e. The number of ether oxygens (including phenoxy) is 2. The lowest BCUT2D eigenvalue weighted by Crippen LogP contribution is -2.18. The van der Waals surface area contributed by atoms with E-state index < -0.39 is 12.1 Å². The summed E-state index contributed by atoms with van der Waals surface area (Å²) in [7, 11) is 0. The number of carbonyl (C=O) groups is 1. The molecule has 0 heterocycles. The number of aliphatic hydroxyl groups is 3. The Morgan fingerprint density at radius 1 is 1.06 bits per heavy atom. The molecule has 0 saturated carbocycles. The van der Waals surface area contributed by atoms with Crippen molar-refractivity contribution >= 4 is 5.97 Å². The van der Waals surface area contributed by atoms with Gasteiger partial charge in [-0.05, 0) is 27.7 Å². The molecule has 0 radical (unpaired) electrons. The van der Waals surface area contributed by atoms with E-state index in [2.05, 4.69) is 4.74 Å². The van der Waals surface area contributed by atoms with E-state index in [0.29, 0.717) is 6.61 Å². The number of rotatable bonds is 5. The summed E-state index contributed by atoms with van der Waals surface area (Å²) in [6.07, 6.45) is -0.991. The molecule has 0 saturated heterocycles. The van der Waals surface area contributed by atoms with Gasteiger partial charge in [0.05, 0.1) is 19.8 Å². The number of esters is 1. The molecule has 6 nitrogen and oxygen atoms in total. The van der Waals surface area contributed by atoms with Gasteiger partial charge < -0.3 is 24.8 Å². The Bertz CT molecular complexity index is 134. The summed E-state index contributed by atoms with van der Waals surface area (Å²) in [4.78, 5) is 10.3. The Morgan fingerprint density at radius 3 is 1.53 bits per heavy atom. The predicted octanol–water partition coefficient (Wildman–Crippen LogP) is -0.0559. The van der Waals surface area contributed by atoms with Crippen LogP contribution in [-0.4, -0.2) is 60.4 Å². The normalized spacial score (nSPS) is 10.3. The third-order valence-corrected chi connectivity index (χ3v) is 1.14. The molecule has 6 heteroatoms.